The van der Waals surface area contributed by atoms with Crippen LogP contribution in [0.3, 0.4) is 0 Å². The predicted molar refractivity (Wildman–Crippen MR) is 68.6 cm³/mol. The highest BCUT2D eigenvalue weighted by molar-refractivity contribution is 5.78. The molecule has 17 heavy (non-hydrogen) atoms. The summed E-state index contributed by atoms with van der Waals surface area (Å²) >= 11 is 0. The number of hydrogen-bond acceptors (Lipinski definition) is 3. The van der Waals surface area contributed by atoms with Gasteiger partial charge in [-0.05, 0) is 32.1 Å². The number of nitrogens with zero attached hydrogens (tertiary/aromatic N) is 2. The van der Waals surface area contributed by atoms with Crippen molar-refractivity contribution < 1.29 is 4.79 Å². The molecule has 4 heteroatoms. The van der Waals surface area contributed by atoms with Crippen LogP contribution in [0.15, 0.2) is 0 Å². The summed E-state index contributed by atoms with van der Waals surface area (Å²) in [5.74, 6) is 0.806. The Labute approximate surface area is 104 Å². The van der Waals surface area contributed by atoms with Crippen LogP contribution in [0.4, 0.5) is 0 Å². The monoisotopic (exact) mass is 239 g/mol. The molecular weight excluding hydrogens is 214 g/mol. The molecule has 2 heterocycles. The van der Waals surface area contributed by atoms with Crippen molar-refractivity contribution in [3.8, 4) is 0 Å². The molecule has 3 unspecified atom stereocenters. The minimum absolute atomic E-state index is 0.238. The zero-order chi connectivity index (χ0) is 12.4. The average molecular weight is 239 g/mol. The topological polar surface area (TPSA) is 49.6 Å². The molecular formula is C13H25N3O. The predicted octanol–water partition coefficient (Wildman–Crippen LogP) is 0.666. The van der Waals surface area contributed by atoms with Gasteiger partial charge in [-0.2, -0.15) is 0 Å². The van der Waals surface area contributed by atoms with Crippen LogP contribution in [-0.4, -0.2) is 54.0 Å². The molecule has 0 bridgehead atoms. The lowest BCUT2D eigenvalue weighted by atomic mass is 10.0. The summed E-state index contributed by atoms with van der Waals surface area (Å²) in [5.41, 5.74) is 5.98. The maximum Gasteiger partial charge on any atom is 0.236 e. The summed E-state index contributed by atoms with van der Waals surface area (Å²) in [6.45, 7) is 7.66. The van der Waals surface area contributed by atoms with E-state index in [4.69, 9.17) is 5.73 Å². The van der Waals surface area contributed by atoms with E-state index in [0.717, 1.165) is 32.5 Å². The lowest BCUT2D eigenvalue weighted by Crippen LogP contribution is -2.46. The molecule has 2 saturated heterocycles. The van der Waals surface area contributed by atoms with E-state index in [1.807, 2.05) is 0 Å². The van der Waals surface area contributed by atoms with Gasteiger partial charge in [0, 0.05) is 31.7 Å². The third kappa shape index (κ3) is 2.99. The van der Waals surface area contributed by atoms with Crippen LogP contribution in [-0.2, 0) is 4.79 Å². The van der Waals surface area contributed by atoms with Crippen molar-refractivity contribution in [2.75, 3.05) is 26.2 Å². The van der Waals surface area contributed by atoms with Crippen molar-refractivity contribution in [2.45, 2.75) is 45.2 Å². The zero-order valence-corrected chi connectivity index (χ0v) is 11.1. The number of carbonyl (C=O) groups is 1. The third-order valence-corrected chi connectivity index (χ3v) is 4.23. The second kappa shape index (κ2) is 5.36. The van der Waals surface area contributed by atoms with Gasteiger partial charge in [-0.25, -0.2) is 0 Å². The minimum atomic E-state index is 0.238. The minimum Gasteiger partial charge on any atom is -0.339 e. The van der Waals surface area contributed by atoms with Crippen LogP contribution in [0.2, 0.25) is 0 Å². The fourth-order valence-corrected chi connectivity index (χ4v) is 2.98. The Kier molecular flexibility index (Phi) is 4.05. The van der Waals surface area contributed by atoms with E-state index in [9.17, 15) is 4.79 Å². The summed E-state index contributed by atoms with van der Waals surface area (Å²) < 4.78 is 0. The van der Waals surface area contributed by atoms with E-state index in [1.54, 1.807) is 0 Å². The smallest absolute Gasteiger partial charge is 0.236 e. The van der Waals surface area contributed by atoms with Gasteiger partial charge in [0.2, 0.25) is 5.91 Å². The highest BCUT2D eigenvalue weighted by Gasteiger charge is 2.30. The quantitative estimate of drug-likeness (QED) is 0.770. The van der Waals surface area contributed by atoms with E-state index in [-0.39, 0.29) is 6.04 Å². The van der Waals surface area contributed by atoms with Crippen molar-refractivity contribution in [3.63, 3.8) is 0 Å². The maximum atomic E-state index is 12.2. The second-order valence-corrected chi connectivity index (χ2v) is 5.77. The van der Waals surface area contributed by atoms with Crippen molar-refractivity contribution >= 4 is 5.91 Å². The third-order valence-electron chi connectivity index (χ3n) is 4.23. The van der Waals surface area contributed by atoms with Crippen LogP contribution in [0, 0.1) is 5.92 Å². The van der Waals surface area contributed by atoms with Crippen LogP contribution in [0.25, 0.3) is 0 Å². The van der Waals surface area contributed by atoms with Crippen molar-refractivity contribution in [3.05, 3.63) is 0 Å². The fraction of sp³-hybridized carbons (Fsp3) is 0.923. The molecule has 2 N–H and O–H groups in total. The molecule has 2 aliphatic rings. The molecule has 0 spiro atoms. The highest BCUT2D eigenvalue weighted by atomic mass is 16.2. The molecule has 2 aliphatic heterocycles. The Balaban J connectivity index is 1.84. The average Bonchev–Trinajstić information content (AvgIpc) is 2.58. The SMILES string of the molecule is CC1CN(CC(=O)N2CCCCC2C)CC1N. The van der Waals surface area contributed by atoms with Gasteiger partial charge in [0.1, 0.15) is 0 Å². The van der Waals surface area contributed by atoms with Crippen LogP contribution in [0.1, 0.15) is 33.1 Å². The van der Waals surface area contributed by atoms with E-state index in [1.165, 1.54) is 6.42 Å². The number of piperidine rings is 1. The molecule has 0 aromatic heterocycles. The van der Waals surface area contributed by atoms with E-state index >= 15 is 0 Å². The first kappa shape index (κ1) is 12.8. The van der Waals surface area contributed by atoms with Crippen molar-refractivity contribution in [1.82, 2.24) is 9.80 Å². The summed E-state index contributed by atoms with van der Waals surface area (Å²) in [6.07, 6.45) is 3.57. The molecule has 0 radical (unpaired) electrons. The summed E-state index contributed by atoms with van der Waals surface area (Å²) in [5, 5.41) is 0. The molecule has 2 rings (SSSR count). The molecule has 0 aromatic carbocycles. The molecule has 3 atom stereocenters. The van der Waals surface area contributed by atoms with Crippen LogP contribution >= 0.6 is 0 Å². The van der Waals surface area contributed by atoms with Gasteiger partial charge in [0.25, 0.3) is 0 Å². The first-order valence-corrected chi connectivity index (χ1v) is 6.85. The number of likely N-dealkylation sites (tertiary alicyclic amines) is 2. The molecule has 4 nitrogen and oxygen atoms in total. The standard InChI is InChI=1S/C13H25N3O/c1-10-7-15(8-12(10)14)9-13(17)16-6-4-3-5-11(16)2/h10-12H,3-9,14H2,1-2H3. The fourth-order valence-electron chi connectivity index (χ4n) is 2.98. The first-order chi connectivity index (χ1) is 8.08. The second-order valence-electron chi connectivity index (χ2n) is 5.77. The summed E-state index contributed by atoms with van der Waals surface area (Å²) in [4.78, 5) is 16.5. The highest BCUT2D eigenvalue weighted by Crippen LogP contribution is 2.18. The first-order valence-electron chi connectivity index (χ1n) is 6.85. The number of rotatable bonds is 2. The summed E-state index contributed by atoms with van der Waals surface area (Å²) in [7, 11) is 0. The number of amides is 1. The molecule has 2 fully saturated rings. The Morgan fingerprint density at radius 1 is 1.29 bits per heavy atom. The van der Waals surface area contributed by atoms with Crippen LogP contribution in [0.5, 0.6) is 0 Å². The van der Waals surface area contributed by atoms with Gasteiger partial charge in [0.15, 0.2) is 0 Å². The Bertz CT molecular complexity index is 272. The maximum absolute atomic E-state index is 12.2. The lowest BCUT2D eigenvalue weighted by Gasteiger charge is -2.34. The van der Waals surface area contributed by atoms with E-state index in [0.29, 0.717) is 24.4 Å². The van der Waals surface area contributed by atoms with Gasteiger partial charge in [-0.3, -0.25) is 9.69 Å². The molecule has 0 aliphatic carbocycles. The zero-order valence-electron chi connectivity index (χ0n) is 11.1. The van der Waals surface area contributed by atoms with E-state index < -0.39 is 0 Å². The Hall–Kier alpha value is -0.610. The summed E-state index contributed by atoms with van der Waals surface area (Å²) in [6, 6.07) is 0.659. The Morgan fingerprint density at radius 2 is 2.06 bits per heavy atom. The van der Waals surface area contributed by atoms with Gasteiger partial charge in [-0.1, -0.05) is 6.92 Å². The number of hydrogen-bond donors (Lipinski definition) is 1. The van der Waals surface area contributed by atoms with Gasteiger partial charge in [0.05, 0.1) is 6.54 Å². The van der Waals surface area contributed by atoms with Crippen molar-refractivity contribution in [1.29, 1.82) is 0 Å². The molecule has 1 amide bonds. The number of nitrogens with two attached hydrogens (primary N) is 1. The Morgan fingerprint density at radius 3 is 2.65 bits per heavy atom. The molecule has 0 saturated carbocycles. The van der Waals surface area contributed by atoms with E-state index in [2.05, 4.69) is 23.6 Å². The van der Waals surface area contributed by atoms with Gasteiger partial charge < -0.3 is 10.6 Å². The lowest BCUT2D eigenvalue weighted by molar-refractivity contribution is -0.135. The molecule has 98 valence electrons. The molecule has 0 aromatic rings. The van der Waals surface area contributed by atoms with Gasteiger partial charge >= 0.3 is 0 Å². The van der Waals surface area contributed by atoms with Gasteiger partial charge in [-0.15, -0.1) is 0 Å². The largest absolute Gasteiger partial charge is 0.339 e. The number of carbonyl (C=O) groups excluding carboxylic acids is 1. The van der Waals surface area contributed by atoms with Crippen molar-refractivity contribution in [2.24, 2.45) is 11.7 Å². The van der Waals surface area contributed by atoms with Crippen LogP contribution < -0.4 is 5.73 Å². The normalized spacial score (nSPS) is 35.2.